The Morgan fingerprint density at radius 3 is 2.76 bits per heavy atom. The zero-order valence-corrected chi connectivity index (χ0v) is 12.0. The first-order valence-corrected chi connectivity index (χ1v) is 6.97. The zero-order valence-electron chi connectivity index (χ0n) is 9.57. The maximum Gasteiger partial charge on any atom is 0.246 e. The maximum absolute atomic E-state index is 11.7. The van der Waals surface area contributed by atoms with Crippen LogP contribution in [0.4, 0.5) is 0 Å². The number of carbonyl (C=O) groups is 2. The molecule has 1 aromatic rings. The van der Waals surface area contributed by atoms with Crippen LogP contribution in [0, 0.1) is 0 Å². The highest BCUT2D eigenvalue weighted by atomic mass is 79.9. The molecule has 0 bridgehead atoms. The van der Waals surface area contributed by atoms with Crippen molar-refractivity contribution in [1.82, 2.24) is 10.2 Å². The van der Waals surface area contributed by atoms with Crippen molar-refractivity contribution in [3.05, 3.63) is 20.8 Å². The molecule has 1 aliphatic rings. The van der Waals surface area contributed by atoms with Gasteiger partial charge in [0.25, 0.3) is 0 Å². The minimum atomic E-state index is -0.392. The monoisotopic (exact) mass is 316 g/mol. The molecule has 2 unspecified atom stereocenters. The highest BCUT2D eigenvalue weighted by Crippen LogP contribution is 2.29. The molecule has 6 heteroatoms. The smallest absolute Gasteiger partial charge is 0.246 e. The Bertz CT molecular complexity index is 460. The average molecular weight is 317 g/mol. The van der Waals surface area contributed by atoms with E-state index < -0.39 is 6.04 Å². The molecule has 17 heavy (non-hydrogen) atoms. The van der Waals surface area contributed by atoms with Crippen LogP contribution < -0.4 is 5.32 Å². The van der Waals surface area contributed by atoms with E-state index in [4.69, 9.17) is 0 Å². The van der Waals surface area contributed by atoms with Gasteiger partial charge in [-0.15, -0.1) is 11.3 Å². The summed E-state index contributed by atoms with van der Waals surface area (Å²) in [5.74, 6) is -0.264. The molecule has 2 atom stereocenters. The zero-order chi connectivity index (χ0) is 12.6. The quantitative estimate of drug-likeness (QED) is 0.867. The van der Waals surface area contributed by atoms with Gasteiger partial charge in [0.15, 0.2) is 0 Å². The molecule has 1 aromatic heterocycles. The summed E-state index contributed by atoms with van der Waals surface area (Å²) in [6.45, 7) is 1.99. The van der Waals surface area contributed by atoms with Crippen molar-refractivity contribution in [2.24, 2.45) is 0 Å². The van der Waals surface area contributed by atoms with Gasteiger partial charge in [-0.1, -0.05) is 0 Å². The number of likely N-dealkylation sites (N-methyl/N-ethyl adjacent to an activating group) is 1. The maximum atomic E-state index is 11.7. The minimum absolute atomic E-state index is 0.0534. The summed E-state index contributed by atoms with van der Waals surface area (Å²) in [6.07, 6.45) is 0.253. The van der Waals surface area contributed by atoms with E-state index in [9.17, 15) is 9.59 Å². The molecule has 2 heterocycles. The van der Waals surface area contributed by atoms with Crippen LogP contribution in [0.2, 0.25) is 0 Å². The molecular formula is C11H13BrN2O2S. The van der Waals surface area contributed by atoms with Gasteiger partial charge in [0.1, 0.15) is 0 Å². The lowest BCUT2D eigenvalue weighted by Gasteiger charge is -2.17. The average Bonchev–Trinajstić information content (AvgIpc) is 2.80. The third-order valence-corrected chi connectivity index (χ3v) is 4.92. The van der Waals surface area contributed by atoms with E-state index in [1.807, 2.05) is 18.4 Å². The molecule has 1 aliphatic heterocycles. The van der Waals surface area contributed by atoms with Crippen molar-refractivity contribution in [1.29, 1.82) is 0 Å². The Morgan fingerprint density at radius 2 is 2.29 bits per heavy atom. The van der Waals surface area contributed by atoms with E-state index in [2.05, 4.69) is 21.2 Å². The van der Waals surface area contributed by atoms with Crippen LogP contribution >= 0.6 is 27.3 Å². The first kappa shape index (κ1) is 12.7. The number of carbonyl (C=O) groups excluding carboxylic acids is 2. The first-order chi connectivity index (χ1) is 8.00. The number of nitrogens with zero attached hydrogens (tertiary/aromatic N) is 1. The number of hydrogen-bond acceptors (Lipinski definition) is 4. The lowest BCUT2D eigenvalue weighted by Crippen LogP contribution is -2.38. The van der Waals surface area contributed by atoms with Crippen LogP contribution in [0.3, 0.4) is 0 Å². The molecule has 2 rings (SSSR count). The topological polar surface area (TPSA) is 49.4 Å². The van der Waals surface area contributed by atoms with Crippen LogP contribution in [-0.2, 0) is 9.59 Å². The second-order valence-electron chi connectivity index (χ2n) is 4.07. The Balaban J connectivity index is 2.05. The summed E-state index contributed by atoms with van der Waals surface area (Å²) in [5.41, 5.74) is 0. The summed E-state index contributed by atoms with van der Waals surface area (Å²) in [4.78, 5) is 25.5. The number of halogens is 1. The summed E-state index contributed by atoms with van der Waals surface area (Å²) in [5, 5.41) is 5.19. The van der Waals surface area contributed by atoms with Crippen LogP contribution in [0.25, 0.3) is 0 Å². The fourth-order valence-electron chi connectivity index (χ4n) is 1.88. The van der Waals surface area contributed by atoms with Gasteiger partial charge < -0.3 is 0 Å². The third kappa shape index (κ3) is 2.43. The van der Waals surface area contributed by atoms with E-state index in [1.54, 1.807) is 11.3 Å². The van der Waals surface area contributed by atoms with E-state index in [-0.39, 0.29) is 24.3 Å². The SMILES string of the molecule is CC(NC1CC(=O)N(C)C1=O)c1sccc1Br. The van der Waals surface area contributed by atoms with Gasteiger partial charge in [0.2, 0.25) is 11.8 Å². The number of likely N-dealkylation sites (tertiary alicyclic amines) is 1. The number of nitrogens with one attached hydrogen (secondary N) is 1. The van der Waals surface area contributed by atoms with Gasteiger partial charge in [0, 0.05) is 22.4 Å². The van der Waals surface area contributed by atoms with Gasteiger partial charge in [-0.3, -0.25) is 19.8 Å². The van der Waals surface area contributed by atoms with Gasteiger partial charge >= 0.3 is 0 Å². The predicted octanol–water partition coefficient (Wildman–Crippen LogP) is 1.92. The fraction of sp³-hybridized carbons (Fsp3) is 0.455. The van der Waals surface area contributed by atoms with Crippen LogP contribution in [0.5, 0.6) is 0 Å². The van der Waals surface area contributed by atoms with Gasteiger partial charge in [-0.05, 0) is 34.3 Å². The number of thiophene rings is 1. The number of amides is 2. The van der Waals surface area contributed by atoms with E-state index in [0.29, 0.717) is 0 Å². The number of hydrogen-bond donors (Lipinski definition) is 1. The molecule has 1 N–H and O–H groups in total. The van der Waals surface area contributed by atoms with Crippen molar-refractivity contribution >= 4 is 39.1 Å². The van der Waals surface area contributed by atoms with Gasteiger partial charge in [-0.2, -0.15) is 0 Å². The lowest BCUT2D eigenvalue weighted by molar-refractivity contribution is -0.137. The minimum Gasteiger partial charge on any atom is -0.298 e. The molecule has 1 fully saturated rings. The summed E-state index contributed by atoms with van der Waals surface area (Å²) < 4.78 is 1.03. The van der Waals surface area contributed by atoms with E-state index in [0.717, 1.165) is 9.35 Å². The van der Waals surface area contributed by atoms with Crippen LogP contribution in [0.1, 0.15) is 24.3 Å². The van der Waals surface area contributed by atoms with Gasteiger partial charge in [0.05, 0.1) is 12.5 Å². The largest absolute Gasteiger partial charge is 0.298 e. The fourth-order valence-corrected chi connectivity index (χ4v) is 3.61. The van der Waals surface area contributed by atoms with Gasteiger partial charge in [-0.25, -0.2) is 0 Å². The molecular weight excluding hydrogens is 304 g/mol. The third-order valence-electron chi connectivity index (χ3n) is 2.87. The van der Waals surface area contributed by atoms with Crippen LogP contribution in [0.15, 0.2) is 15.9 Å². The summed E-state index contributed by atoms with van der Waals surface area (Å²) in [6, 6.07) is 1.64. The second-order valence-corrected chi connectivity index (χ2v) is 5.87. The standard InChI is InChI=1S/C11H13BrN2O2S/c1-6(10-7(12)3-4-17-10)13-8-5-9(15)14(2)11(8)16/h3-4,6,8,13H,5H2,1-2H3. The van der Waals surface area contributed by atoms with Crippen molar-refractivity contribution in [2.45, 2.75) is 25.4 Å². The lowest BCUT2D eigenvalue weighted by atomic mass is 10.2. The first-order valence-electron chi connectivity index (χ1n) is 5.30. The molecule has 0 radical (unpaired) electrons. The molecule has 0 aliphatic carbocycles. The summed E-state index contributed by atoms with van der Waals surface area (Å²) >= 11 is 5.09. The molecule has 1 saturated heterocycles. The Labute approximate surface area is 112 Å². The van der Waals surface area contributed by atoms with Crippen molar-refractivity contribution < 1.29 is 9.59 Å². The highest BCUT2D eigenvalue weighted by Gasteiger charge is 2.36. The summed E-state index contributed by atoms with van der Waals surface area (Å²) in [7, 11) is 1.53. The second kappa shape index (κ2) is 4.88. The Kier molecular flexibility index (Phi) is 3.65. The van der Waals surface area contributed by atoms with E-state index in [1.165, 1.54) is 11.9 Å². The molecule has 2 amide bonds. The van der Waals surface area contributed by atoms with Crippen molar-refractivity contribution in [2.75, 3.05) is 7.05 Å². The molecule has 0 saturated carbocycles. The molecule has 0 aromatic carbocycles. The Morgan fingerprint density at radius 1 is 1.59 bits per heavy atom. The molecule has 4 nitrogen and oxygen atoms in total. The van der Waals surface area contributed by atoms with Crippen LogP contribution in [-0.4, -0.2) is 29.8 Å². The number of imide groups is 1. The Hall–Kier alpha value is -0.720. The normalized spacial score (nSPS) is 22.3. The molecule has 92 valence electrons. The van der Waals surface area contributed by atoms with E-state index >= 15 is 0 Å². The molecule has 0 spiro atoms. The number of rotatable bonds is 3. The predicted molar refractivity (Wildman–Crippen MR) is 69.8 cm³/mol. The highest BCUT2D eigenvalue weighted by molar-refractivity contribution is 9.10. The van der Waals surface area contributed by atoms with Crippen molar-refractivity contribution in [3.8, 4) is 0 Å². The van der Waals surface area contributed by atoms with Crippen molar-refractivity contribution in [3.63, 3.8) is 0 Å².